The highest BCUT2D eigenvalue weighted by molar-refractivity contribution is 6.30. The topological polar surface area (TPSA) is 16.4 Å². The number of rotatable bonds is 4. The number of hydrogen-bond donors (Lipinski definition) is 0. The highest BCUT2D eigenvalue weighted by atomic mass is 16.3. The summed E-state index contributed by atoms with van der Waals surface area (Å²) in [6.07, 6.45) is 0. The van der Waals surface area contributed by atoms with Gasteiger partial charge in [-0.25, -0.2) is 0 Å². The fourth-order valence-electron chi connectivity index (χ4n) is 6.94. The molecule has 9 aromatic rings. The van der Waals surface area contributed by atoms with E-state index < -0.39 is 0 Å². The van der Waals surface area contributed by atoms with Gasteiger partial charge in [0.2, 0.25) is 0 Å². The van der Waals surface area contributed by atoms with Crippen LogP contribution in [0.4, 0.5) is 17.1 Å². The van der Waals surface area contributed by atoms with Crippen LogP contribution in [0.2, 0.25) is 0 Å². The van der Waals surface area contributed by atoms with E-state index in [1.807, 2.05) is 0 Å². The molecule has 0 N–H and O–H groups in total. The van der Waals surface area contributed by atoms with Crippen molar-refractivity contribution in [2.45, 2.75) is 0 Å². The minimum Gasteiger partial charge on any atom is -0.455 e. The van der Waals surface area contributed by atoms with E-state index in [-0.39, 0.29) is 0 Å². The largest absolute Gasteiger partial charge is 0.455 e. The van der Waals surface area contributed by atoms with Crippen LogP contribution in [0.25, 0.3) is 65.4 Å². The van der Waals surface area contributed by atoms with E-state index in [2.05, 4.69) is 169 Å². The number of benzene rings is 8. The standard InChI is InChI=1S/C42H27NO/c1-3-16-29(17-4-1)43(30-18-5-2-6-19-30)41-34-23-11-12-24-35(34)42-40(36-25-13-14-26-38(36)44-42)39(41)37-27-28-15-7-8-20-31(28)32-21-9-10-22-33(32)37/h1-27H. The molecule has 1 aromatic heterocycles. The fraction of sp³-hybridized carbons (Fsp3) is 0. The third kappa shape index (κ3) is 3.68. The number of anilines is 3. The van der Waals surface area contributed by atoms with E-state index in [4.69, 9.17) is 4.42 Å². The zero-order valence-corrected chi connectivity index (χ0v) is 23.9. The molecule has 0 unspecified atom stereocenters. The molecule has 2 nitrogen and oxygen atoms in total. The molecule has 0 aliphatic heterocycles. The lowest BCUT2D eigenvalue weighted by molar-refractivity contribution is 0.673. The maximum absolute atomic E-state index is 6.76. The Morgan fingerprint density at radius 2 is 0.932 bits per heavy atom. The Morgan fingerprint density at radius 1 is 0.409 bits per heavy atom. The molecule has 0 saturated carbocycles. The van der Waals surface area contributed by atoms with E-state index in [1.165, 1.54) is 32.7 Å². The second kappa shape index (κ2) is 9.86. The van der Waals surface area contributed by atoms with Crippen molar-refractivity contribution in [2.75, 3.05) is 4.90 Å². The SMILES string of the molecule is c1ccc(N(c2ccccc2)c2c(-c3cc4ccccc4c4ccccc34)c3c4ccccc4oc3c3ccccc23)cc1. The molecule has 2 heteroatoms. The van der Waals surface area contributed by atoms with Gasteiger partial charge in [-0.1, -0.05) is 127 Å². The maximum Gasteiger partial charge on any atom is 0.144 e. The first-order chi connectivity index (χ1) is 21.9. The molecule has 0 spiro atoms. The van der Waals surface area contributed by atoms with Crippen LogP contribution in [-0.4, -0.2) is 0 Å². The summed E-state index contributed by atoms with van der Waals surface area (Å²) in [6.45, 7) is 0. The number of hydrogen-bond acceptors (Lipinski definition) is 2. The molecule has 8 aromatic carbocycles. The number of furan rings is 1. The lowest BCUT2D eigenvalue weighted by Gasteiger charge is -2.30. The van der Waals surface area contributed by atoms with E-state index in [1.54, 1.807) is 0 Å². The first-order valence-electron chi connectivity index (χ1n) is 15.0. The molecule has 0 radical (unpaired) electrons. The van der Waals surface area contributed by atoms with Gasteiger partial charge in [0.15, 0.2) is 0 Å². The van der Waals surface area contributed by atoms with Crippen LogP contribution >= 0.6 is 0 Å². The molecule has 9 rings (SSSR count). The molecule has 0 aliphatic carbocycles. The van der Waals surface area contributed by atoms with Gasteiger partial charge in [-0.2, -0.15) is 0 Å². The third-order valence-electron chi connectivity index (χ3n) is 8.80. The first-order valence-corrected chi connectivity index (χ1v) is 15.0. The van der Waals surface area contributed by atoms with Crippen molar-refractivity contribution in [3.8, 4) is 11.1 Å². The van der Waals surface area contributed by atoms with Crippen molar-refractivity contribution in [3.05, 3.63) is 164 Å². The molecule has 0 amide bonds. The van der Waals surface area contributed by atoms with Crippen molar-refractivity contribution in [1.29, 1.82) is 0 Å². The van der Waals surface area contributed by atoms with Gasteiger partial charge < -0.3 is 9.32 Å². The van der Waals surface area contributed by atoms with E-state index in [9.17, 15) is 0 Å². The molecule has 0 aliphatic rings. The lowest BCUT2D eigenvalue weighted by Crippen LogP contribution is -2.12. The first kappa shape index (κ1) is 24.7. The second-order valence-electron chi connectivity index (χ2n) is 11.3. The Balaban J connectivity index is 1.57. The van der Waals surface area contributed by atoms with Crippen LogP contribution in [0.1, 0.15) is 0 Å². The predicted molar refractivity (Wildman–Crippen MR) is 186 cm³/mol. The molecule has 206 valence electrons. The van der Waals surface area contributed by atoms with Gasteiger partial charge in [-0.15, -0.1) is 0 Å². The summed E-state index contributed by atoms with van der Waals surface area (Å²) in [6, 6.07) is 58.4. The van der Waals surface area contributed by atoms with Crippen LogP contribution in [0.5, 0.6) is 0 Å². The zero-order chi connectivity index (χ0) is 29.0. The molecular weight excluding hydrogens is 534 g/mol. The number of nitrogens with zero attached hydrogens (tertiary/aromatic N) is 1. The smallest absolute Gasteiger partial charge is 0.144 e. The Morgan fingerprint density at radius 3 is 1.64 bits per heavy atom. The number of para-hydroxylation sites is 3. The van der Waals surface area contributed by atoms with Gasteiger partial charge in [-0.05, 0) is 63.5 Å². The Labute approximate surface area is 255 Å². The Bertz CT molecular complexity index is 2450. The van der Waals surface area contributed by atoms with Gasteiger partial charge >= 0.3 is 0 Å². The summed E-state index contributed by atoms with van der Waals surface area (Å²) in [4.78, 5) is 2.42. The van der Waals surface area contributed by atoms with Gasteiger partial charge in [0, 0.05) is 38.5 Å². The summed E-state index contributed by atoms with van der Waals surface area (Å²) in [5, 5.41) is 9.41. The van der Waals surface area contributed by atoms with Crippen molar-refractivity contribution in [2.24, 2.45) is 0 Å². The average Bonchev–Trinajstić information content (AvgIpc) is 3.49. The van der Waals surface area contributed by atoms with Crippen LogP contribution in [-0.2, 0) is 0 Å². The van der Waals surface area contributed by atoms with E-state index in [0.717, 1.165) is 49.8 Å². The minimum atomic E-state index is 0.891. The van der Waals surface area contributed by atoms with Crippen LogP contribution in [0.3, 0.4) is 0 Å². The highest BCUT2D eigenvalue weighted by Crippen LogP contribution is 2.53. The van der Waals surface area contributed by atoms with Crippen LogP contribution in [0, 0.1) is 0 Å². The Kier molecular flexibility index (Phi) is 5.54. The van der Waals surface area contributed by atoms with E-state index in [0.29, 0.717) is 0 Å². The predicted octanol–water partition coefficient (Wildman–Crippen LogP) is 12.2. The maximum atomic E-state index is 6.76. The molecule has 1 heterocycles. The molecule has 0 bridgehead atoms. The van der Waals surface area contributed by atoms with Gasteiger partial charge in [-0.3, -0.25) is 0 Å². The van der Waals surface area contributed by atoms with Crippen molar-refractivity contribution in [1.82, 2.24) is 0 Å². The summed E-state index contributed by atoms with van der Waals surface area (Å²) < 4.78 is 6.76. The highest BCUT2D eigenvalue weighted by Gasteiger charge is 2.27. The fourth-order valence-corrected chi connectivity index (χ4v) is 6.94. The molecule has 0 fully saturated rings. The lowest BCUT2D eigenvalue weighted by atomic mass is 9.87. The normalized spacial score (nSPS) is 11.6. The number of fused-ring (bicyclic) bond motifs is 8. The quantitative estimate of drug-likeness (QED) is 0.199. The van der Waals surface area contributed by atoms with Gasteiger partial charge in [0.05, 0.1) is 5.69 Å². The third-order valence-corrected chi connectivity index (χ3v) is 8.80. The average molecular weight is 562 g/mol. The summed E-state index contributed by atoms with van der Waals surface area (Å²) in [5.74, 6) is 0. The molecule has 0 atom stereocenters. The second-order valence-corrected chi connectivity index (χ2v) is 11.3. The van der Waals surface area contributed by atoms with Crippen LogP contribution < -0.4 is 4.90 Å². The monoisotopic (exact) mass is 561 g/mol. The zero-order valence-electron chi connectivity index (χ0n) is 23.9. The molecule has 0 saturated heterocycles. The van der Waals surface area contributed by atoms with Gasteiger partial charge in [0.25, 0.3) is 0 Å². The van der Waals surface area contributed by atoms with Crippen LogP contribution in [0.15, 0.2) is 168 Å². The summed E-state index contributed by atoms with van der Waals surface area (Å²) in [5.41, 5.74) is 7.50. The minimum absolute atomic E-state index is 0.891. The Hall–Kier alpha value is -5.86. The van der Waals surface area contributed by atoms with Crippen molar-refractivity contribution in [3.63, 3.8) is 0 Å². The van der Waals surface area contributed by atoms with Gasteiger partial charge in [0.1, 0.15) is 11.2 Å². The molecule has 44 heavy (non-hydrogen) atoms. The van der Waals surface area contributed by atoms with E-state index >= 15 is 0 Å². The molecular formula is C42H27NO. The van der Waals surface area contributed by atoms with Crippen molar-refractivity contribution >= 4 is 71.3 Å². The van der Waals surface area contributed by atoms with Crippen molar-refractivity contribution < 1.29 is 4.42 Å². The summed E-state index contributed by atoms with van der Waals surface area (Å²) >= 11 is 0. The summed E-state index contributed by atoms with van der Waals surface area (Å²) in [7, 11) is 0.